The van der Waals surface area contributed by atoms with Crippen molar-refractivity contribution in [1.29, 1.82) is 0 Å². The van der Waals surface area contributed by atoms with E-state index in [2.05, 4.69) is 13.8 Å². The molecule has 0 rings (SSSR count). The summed E-state index contributed by atoms with van der Waals surface area (Å²) in [6.07, 6.45) is 15.2. The van der Waals surface area contributed by atoms with Crippen LogP contribution in [0.3, 0.4) is 0 Å². The van der Waals surface area contributed by atoms with Gasteiger partial charge in [0.15, 0.2) is 0 Å². The first kappa shape index (κ1) is 34.0. The lowest BCUT2D eigenvalue weighted by molar-refractivity contribution is -0.145. The van der Waals surface area contributed by atoms with Gasteiger partial charge in [0.2, 0.25) is 0 Å². The molecule has 0 spiro atoms. The first-order chi connectivity index (χ1) is 16.3. The van der Waals surface area contributed by atoms with Crippen LogP contribution in [0.25, 0.3) is 0 Å². The summed E-state index contributed by atoms with van der Waals surface area (Å²) in [6, 6.07) is 0. The molecule has 8 nitrogen and oxygen atoms in total. The number of carbonyl (C=O) groups excluding carboxylic acids is 2. The van der Waals surface area contributed by atoms with E-state index in [1.165, 1.54) is 51.4 Å². The number of hydrogen-bond donors (Lipinski definition) is 2. The maximum atomic E-state index is 11.1. The summed E-state index contributed by atoms with van der Waals surface area (Å²) in [4.78, 5) is 42.7. The first-order valence-corrected chi connectivity index (χ1v) is 13.1. The molecule has 200 valence electrons. The number of aliphatic carboxylic acids is 2. The maximum Gasteiger partial charge on any atom is 0.305 e. The summed E-state index contributed by atoms with van der Waals surface area (Å²) in [6.45, 7) is 5.30. The predicted molar refractivity (Wildman–Crippen MR) is 132 cm³/mol. The van der Waals surface area contributed by atoms with Gasteiger partial charge in [-0.1, -0.05) is 78.1 Å². The summed E-state index contributed by atoms with van der Waals surface area (Å²) < 4.78 is 10.00. The topological polar surface area (TPSA) is 127 Å². The molecule has 0 aliphatic heterocycles. The summed E-state index contributed by atoms with van der Waals surface area (Å²) in [7, 11) is 0. The van der Waals surface area contributed by atoms with Crippen molar-refractivity contribution in [3.05, 3.63) is 0 Å². The molecule has 8 heteroatoms. The van der Waals surface area contributed by atoms with E-state index in [9.17, 15) is 19.2 Å². The Bertz CT molecular complexity index is 473. The molecule has 0 amide bonds. The van der Waals surface area contributed by atoms with E-state index >= 15 is 0 Å². The smallest absolute Gasteiger partial charge is 0.305 e. The Morgan fingerprint density at radius 1 is 0.471 bits per heavy atom. The fourth-order valence-electron chi connectivity index (χ4n) is 3.05. The van der Waals surface area contributed by atoms with E-state index in [4.69, 9.17) is 19.7 Å². The van der Waals surface area contributed by atoms with Gasteiger partial charge in [0.1, 0.15) is 0 Å². The highest BCUT2D eigenvalue weighted by Gasteiger charge is 2.05. The van der Waals surface area contributed by atoms with Gasteiger partial charge in [-0.3, -0.25) is 19.2 Å². The van der Waals surface area contributed by atoms with Gasteiger partial charge >= 0.3 is 23.9 Å². The Labute approximate surface area is 205 Å². The Balaban J connectivity index is 0. The lowest BCUT2D eigenvalue weighted by atomic mass is 10.1. The van der Waals surface area contributed by atoms with Crippen molar-refractivity contribution in [2.24, 2.45) is 0 Å². The van der Waals surface area contributed by atoms with Crippen molar-refractivity contribution in [3.63, 3.8) is 0 Å². The monoisotopic (exact) mass is 488 g/mol. The molecule has 0 unspecified atom stereocenters. The van der Waals surface area contributed by atoms with Crippen molar-refractivity contribution < 1.29 is 38.9 Å². The molecule has 0 aromatic rings. The molecule has 0 atom stereocenters. The number of esters is 2. The minimum atomic E-state index is -0.867. The van der Waals surface area contributed by atoms with Crippen LogP contribution >= 0.6 is 0 Å². The SMILES string of the molecule is CCCCCCCCOC(=O)CCCC(=O)O.CCCCCCCCOC(=O)CCCC(=O)O. The Hall–Kier alpha value is -2.12. The summed E-state index contributed by atoms with van der Waals surface area (Å²) >= 11 is 0. The van der Waals surface area contributed by atoms with Gasteiger partial charge in [-0.25, -0.2) is 0 Å². The van der Waals surface area contributed by atoms with Crippen LogP contribution in [-0.2, 0) is 28.7 Å². The van der Waals surface area contributed by atoms with Crippen LogP contribution in [0.4, 0.5) is 0 Å². The Morgan fingerprint density at radius 2 is 0.794 bits per heavy atom. The number of rotatable bonds is 22. The molecule has 0 aliphatic carbocycles. The van der Waals surface area contributed by atoms with Crippen LogP contribution in [-0.4, -0.2) is 47.3 Å². The van der Waals surface area contributed by atoms with Crippen molar-refractivity contribution >= 4 is 23.9 Å². The lowest BCUT2D eigenvalue weighted by Gasteiger charge is -2.04. The molecule has 0 radical (unpaired) electrons. The lowest BCUT2D eigenvalue weighted by Crippen LogP contribution is -2.06. The van der Waals surface area contributed by atoms with Gasteiger partial charge in [0, 0.05) is 25.7 Å². The summed E-state index contributed by atoms with van der Waals surface area (Å²) in [5, 5.41) is 16.8. The van der Waals surface area contributed by atoms with E-state index in [0.717, 1.165) is 25.7 Å². The average Bonchev–Trinajstić information content (AvgIpc) is 2.78. The van der Waals surface area contributed by atoms with Gasteiger partial charge < -0.3 is 19.7 Å². The van der Waals surface area contributed by atoms with Crippen molar-refractivity contribution in [2.45, 2.75) is 129 Å². The molecule has 0 saturated heterocycles. The number of hydrogen-bond acceptors (Lipinski definition) is 6. The standard InChI is InChI=1S/2C13H24O4/c2*1-2-3-4-5-6-7-11-17-13(16)10-8-9-12(14)15/h2*2-11H2,1H3,(H,14,15). The molecule has 34 heavy (non-hydrogen) atoms. The molecule has 2 N–H and O–H groups in total. The second kappa shape index (κ2) is 27.1. The van der Waals surface area contributed by atoms with Crippen LogP contribution in [0.5, 0.6) is 0 Å². The Morgan fingerprint density at radius 3 is 1.12 bits per heavy atom. The zero-order valence-electron chi connectivity index (χ0n) is 21.5. The zero-order chi connectivity index (χ0) is 25.9. The molecule has 0 heterocycles. The van der Waals surface area contributed by atoms with Crippen molar-refractivity contribution in [2.75, 3.05) is 13.2 Å². The van der Waals surface area contributed by atoms with Crippen LogP contribution < -0.4 is 0 Å². The third-order valence-corrected chi connectivity index (χ3v) is 5.06. The predicted octanol–water partition coefficient (Wildman–Crippen LogP) is 6.29. The highest BCUT2D eigenvalue weighted by molar-refractivity contribution is 5.72. The van der Waals surface area contributed by atoms with E-state index in [1.807, 2.05) is 0 Å². The molecule has 0 bridgehead atoms. The number of carbonyl (C=O) groups is 4. The van der Waals surface area contributed by atoms with Crippen LogP contribution in [0.2, 0.25) is 0 Å². The zero-order valence-corrected chi connectivity index (χ0v) is 21.5. The summed E-state index contributed by atoms with van der Waals surface area (Å²) in [5.41, 5.74) is 0. The van der Waals surface area contributed by atoms with Gasteiger partial charge in [-0.15, -0.1) is 0 Å². The number of unbranched alkanes of at least 4 members (excludes halogenated alkanes) is 10. The fraction of sp³-hybridized carbons (Fsp3) is 0.846. The quantitative estimate of drug-likeness (QED) is 0.134. The fourth-order valence-corrected chi connectivity index (χ4v) is 3.05. The van der Waals surface area contributed by atoms with Gasteiger partial charge in [-0.2, -0.15) is 0 Å². The number of ether oxygens (including phenoxy) is 2. The molecule has 0 aromatic carbocycles. The average molecular weight is 489 g/mol. The third-order valence-electron chi connectivity index (χ3n) is 5.06. The Kier molecular flexibility index (Phi) is 27.2. The van der Waals surface area contributed by atoms with Crippen LogP contribution in [0.1, 0.15) is 129 Å². The van der Waals surface area contributed by atoms with Crippen molar-refractivity contribution in [1.82, 2.24) is 0 Å². The number of carboxylic acids is 2. The number of carboxylic acid groups (broad SMARTS) is 2. The van der Waals surface area contributed by atoms with E-state index in [1.54, 1.807) is 0 Å². The highest BCUT2D eigenvalue weighted by Crippen LogP contribution is 2.07. The second-order valence-electron chi connectivity index (χ2n) is 8.47. The normalized spacial score (nSPS) is 10.2. The molecule has 0 aromatic heterocycles. The second-order valence-corrected chi connectivity index (χ2v) is 8.47. The molecule has 0 aliphatic rings. The third kappa shape index (κ3) is 32.1. The van der Waals surface area contributed by atoms with E-state index < -0.39 is 11.9 Å². The molecular weight excluding hydrogens is 440 g/mol. The maximum absolute atomic E-state index is 11.1. The minimum Gasteiger partial charge on any atom is -0.481 e. The molecular formula is C26H48O8. The largest absolute Gasteiger partial charge is 0.481 e. The highest BCUT2D eigenvalue weighted by atomic mass is 16.5. The van der Waals surface area contributed by atoms with Crippen LogP contribution in [0.15, 0.2) is 0 Å². The molecule has 0 fully saturated rings. The van der Waals surface area contributed by atoms with E-state index in [-0.39, 0.29) is 37.6 Å². The minimum absolute atomic E-state index is 0.0338. The first-order valence-electron chi connectivity index (χ1n) is 13.1. The van der Waals surface area contributed by atoms with Crippen molar-refractivity contribution in [3.8, 4) is 0 Å². The summed E-state index contributed by atoms with van der Waals surface area (Å²) in [5.74, 6) is -2.29. The van der Waals surface area contributed by atoms with Gasteiger partial charge in [0.25, 0.3) is 0 Å². The van der Waals surface area contributed by atoms with Gasteiger partial charge in [-0.05, 0) is 25.7 Å². The van der Waals surface area contributed by atoms with Crippen LogP contribution in [0, 0.1) is 0 Å². The van der Waals surface area contributed by atoms with E-state index in [0.29, 0.717) is 26.1 Å². The van der Waals surface area contributed by atoms with Gasteiger partial charge in [0.05, 0.1) is 13.2 Å². The molecule has 0 saturated carbocycles.